The van der Waals surface area contributed by atoms with Crippen LogP contribution in [0.4, 0.5) is 11.4 Å². The Morgan fingerprint density at radius 1 is 0.857 bits per heavy atom. The number of carbonyl (C=O) groups excluding carboxylic acids is 2. The Labute approximate surface area is 162 Å². The maximum absolute atomic E-state index is 13.0. The van der Waals surface area contributed by atoms with Crippen molar-refractivity contribution in [1.82, 2.24) is 0 Å². The van der Waals surface area contributed by atoms with Gasteiger partial charge in [-0.25, -0.2) is 4.21 Å². The minimum atomic E-state index is -2.68. The number of ketones is 2. The molecule has 7 nitrogen and oxygen atoms in total. The summed E-state index contributed by atoms with van der Waals surface area (Å²) >= 11 is -2.68. The van der Waals surface area contributed by atoms with Gasteiger partial charge in [0.15, 0.2) is 11.6 Å². The predicted octanol–water partition coefficient (Wildman–Crippen LogP) is 3.08. The number of phenols is 1. The van der Waals surface area contributed by atoms with Crippen LogP contribution >= 0.6 is 0 Å². The van der Waals surface area contributed by atoms with Crippen molar-refractivity contribution in [2.45, 2.75) is 0 Å². The van der Waals surface area contributed by atoms with Gasteiger partial charge < -0.3 is 19.2 Å². The number of aromatic hydroxyl groups is 1. The molecule has 1 aliphatic rings. The zero-order chi connectivity index (χ0) is 19.8. The summed E-state index contributed by atoms with van der Waals surface area (Å²) in [5.41, 5.74) is 1.45. The fraction of sp³-hybridized carbons (Fsp3) is 0. The number of hydrogen-bond donors (Lipinski definition) is 2. The van der Waals surface area contributed by atoms with Crippen molar-refractivity contribution in [1.29, 1.82) is 0 Å². The lowest BCUT2D eigenvalue weighted by Gasteiger charge is -2.21. The number of phenolic OH excluding ortho intramolecular Hbond substituents is 1. The van der Waals surface area contributed by atoms with Gasteiger partial charge in [0.25, 0.3) is 0 Å². The van der Waals surface area contributed by atoms with Crippen LogP contribution in [0.5, 0.6) is 11.5 Å². The van der Waals surface area contributed by atoms with Crippen molar-refractivity contribution in [3.63, 3.8) is 0 Å². The smallest absolute Gasteiger partial charge is 0.198 e. The van der Waals surface area contributed by atoms with Gasteiger partial charge in [0, 0.05) is 16.8 Å². The summed E-state index contributed by atoms with van der Waals surface area (Å²) in [6, 6.07) is 15.3. The van der Waals surface area contributed by atoms with E-state index in [1.807, 2.05) is 0 Å². The molecule has 1 atom stereocenters. The van der Waals surface area contributed by atoms with E-state index in [0.717, 1.165) is 0 Å². The number of fused-ring (bicyclic) bond motifs is 2. The van der Waals surface area contributed by atoms with E-state index in [-0.39, 0.29) is 39.5 Å². The van der Waals surface area contributed by atoms with E-state index in [1.54, 1.807) is 36.4 Å². The standard InChI is InChI=1S/C20H13NO6S/c22-16-10-9-15(21-11-5-7-12(8-6-11)27-28(25)26)17-18(16)20(24)14-4-2-1-3-13(14)19(17)23/h1-10,21-22H,(H,25,26)/p-1. The lowest BCUT2D eigenvalue weighted by atomic mass is 9.82. The first-order chi connectivity index (χ1) is 13.5. The lowest BCUT2D eigenvalue weighted by Crippen LogP contribution is -2.22. The lowest BCUT2D eigenvalue weighted by molar-refractivity contribution is 0.0977. The molecule has 0 saturated heterocycles. The fourth-order valence-corrected chi connectivity index (χ4v) is 3.41. The van der Waals surface area contributed by atoms with Gasteiger partial charge >= 0.3 is 0 Å². The van der Waals surface area contributed by atoms with E-state index >= 15 is 0 Å². The SMILES string of the molecule is O=C1c2ccccc2C(=O)c2c(Nc3ccc(OS(=O)[O-])cc3)ccc(O)c21. The van der Waals surface area contributed by atoms with E-state index in [0.29, 0.717) is 11.4 Å². The van der Waals surface area contributed by atoms with E-state index in [1.165, 1.54) is 24.3 Å². The summed E-state index contributed by atoms with van der Waals surface area (Å²) in [6.45, 7) is 0. The highest BCUT2D eigenvalue weighted by Crippen LogP contribution is 2.38. The van der Waals surface area contributed by atoms with Gasteiger partial charge in [-0.2, -0.15) is 0 Å². The number of anilines is 2. The Hall–Kier alpha value is -3.49. The highest BCUT2D eigenvalue weighted by atomic mass is 32.2. The molecule has 0 fully saturated rings. The van der Waals surface area contributed by atoms with Crippen LogP contribution in [0.2, 0.25) is 0 Å². The van der Waals surface area contributed by atoms with Crippen molar-refractivity contribution in [2.24, 2.45) is 0 Å². The second-order valence-corrected chi connectivity index (χ2v) is 6.60. The highest BCUT2D eigenvalue weighted by molar-refractivity contribution is 7.74. The molecule has 0 saturated carbocycles. The quantitative estimate of drug-likeness (QED) is 0.404. The first-order valence-electron chi connectivity index (χ1n) is 8.15. The molecule has 8 heteroatoms. The van der Waals surface area contributed by atoms with Gasteiger partial charge in [-0.1, -0.05) is 24.3 Å². The third-order valence-corrected chi connectivity index (χ3v) is 4.68. The first kappa shape index (κ1) is 17.9. The van der Waals surface area contributed by atoms with E-state index in [9.17, 15) is 23.5 Å². The molecular weight excluding hydrogens is 382 g/mol. The molecule has 0 bridgehead atoms. The van der Waals surface area contributed by atoms with E-state index in [4.69, 9.17) is 0 Å². The normalized spacial score (nSPS) is 13.5. The van der Waals surface area contributed by atoms with Gasteiger partial charge in [-0.05, 0) is 36.4 Å². The first-order valence-corrected chi connectivity index (χ1v) is 9.15. The Kier molecular flexibility index (Phi) is 4.42. The number of nitrogens with one attached hydrogen (secondary N) is 1. The van der Waals surface area contributed by atoms with Crippen LogP contribution < -0.4 is 9.50 Å². The molecule has 1 aliphatic carbocycles. The Balaban J connectivity index is 1.75. The van der Waals surface area contributed by atoms with Crippen molar-refractivity contribution in [2.75, 3.05) is 5.32 Å². The monoisotopic (exact) mass is 394 g/mol. The molecule has 0 heterocycles. The molecule has 28 heavy (non-hydrogen) atoms. The maximum atomic E-state index is 13.0. The zero-order valence-electron chi connectivity index (χ0n) is 14.2. The molecule has 0 radical (unpaired) electrons. The van der Waals surface area contributed by atoms with Crippen LogP contribution in [0.15, 0.2) is 60.7 Å². The van der Waals surface area contributed by atoms with Crippen molar-refractivity contribution in [3.05, 3.63) is 82.9 Å². The average Bonchev–Trinajstić information content (AvgIpc) is 2.68. The van der Waals surface area contributed by atoms with Crippen molar-refractivity contribution in [3.8, 4) is 11.5 Å². The summed E-state index contributed by atoms with van der Waals surface area (Å²) in [4.78, 5) is 25.8. The molecular formula is C20H12NO6S-. The largest absolute Gasteiger partial charge is 0.740 e. The number of rotatable bonds is 4. The zero-order valence-corrected chi connectivity index (χ0v) is 15.0. The Morgan fingerprint density at radius 2 is 1.46 bits per heavy atom. The van der Waals surface area contributed by atoms with Gasteiger partial charge in [-0.3, -0.25) is 9.59 Å². The van der Waals surface area contributed by atoms with Crippen molar-refractivity contribution >= 4 is 34.3 Å². The van der Waals surface area contributed by atoms with Crippen LogP contribution in [-0.4, -0.2) is 25.4 Å². The fourth-order valence-electron chi connectivity index (χ4n) is 3.14. The molecule has 3 aromatic carbocycles. The number of hydrogen-bond acceptors (Lipinski definition) is 7. The molecule has 0 spiro atoms. The second-order valence-electron chi connectivity index (χ2n) is 6.02. The van der Waals surface area contributed by atoms with Crippen LogP contribution in [0.3, 0.4) is 0 Å². The number of benzene rings is 3. The summed E-state index contributed by atoms with van der Waals surface area (Å²) in [5, 5.41) is 13.2. The molecule has 0 aliphatic heterocycles. The Bertz CT molecular complexity index is 1140. The van der Waals surface area contributed by atoms with Gasteiger partial charge in [-0.15, -0.1) is 0 Å². The second kappa shape index (κ2) is 6.91. The molecule has 0 amide bonds. The highest BCUT2D eigenvalue weighted by Gasteiger charge is 2.33. The summed E-state index contributed by atoms with van der Waals surface area (Å²) in [7, 11) is 0. The van der Waals surface area contributed by atoms with Gasteiger partial charge in [0.05, 0.1) is 16.8 Å². The molecule has 1 unspecified atom stereocenters. The maximum Gasteiger partial charge on any atom is 0.198 e. The molecule has 140 valence electrons. The minimum absolute atomic E-state index is 0.0459. The molecule has 0 aromatic heterocycles. The predicted molar refractivity (Wildman–Crippen MR) is 101 cm³/mol. The summed E-state index contributed by atoms with van der Waals surface area (Å²) < 4.78 is 25.7. The molecule has 3 aromatic rings. The van der Waals surface area contributed by atoms with Crippen LogP contribution in [-0.2, 0) is 11.4 Å². The Morgan fingerprint density at radius 3 is 2.07 bits per heavy atom. The van der Waals surface area contributed by atoms with Crippen LogP contribution in [0.1, 0.15) is 31.8 Å². The third-order valence-electron chi connectivity index (χ3n) is 4.35. The number of carbonyl (C=O) groups is 2. The summed E-state index contributed by atoms with van der Waals surface area (Å²) in [5.74, 6) is -0.930. The van der Waals surface area contributed by atoms with Crippen LogP contribution in [0, 0.1) is 0 Å². The van der Waals surface area contributed by atoms with Gasteiger partial charge in [0.1, 0.15) is 22.9 Å². The van der Waals surface area contributed by atoms with Gasteiger partial charge in [0.2, 0.25) is 0 Å². The minimum Gasteiger partial charge on any atom is -0.740 e. The van der Waals surface area contributed by atoms with E-state index < -0.39 is 17.1 Å². The molecule has 4 rings (SSSR count). The third kappa shape index (κ3) is 3.04. The molecule has 2 N–H and O–H groups in total. The van der Waals surface area contributed by atoms with Crippen molar-refractivity contribution < 1.29 is 27.6 Å². The topological polar surface area (TPSA) is 116 Å². The van der Waals surface area contributed by atoms with E-state index in [2.05, 4.69) is 9.50 Å². The van der Waals surface area contributed by atoms with Crippen LogP contribution in [0.25, 0.3) is 0 Å². The summed E-state index contributed by atoms with van der Waals surface area (Å²) in [6.07, 6.45) is 0. The average molecular weight is 394 g/mol.